The lowest BCUT2D eigenvalue weighted by atomic mass is 10.0. The van der Waals surface area contributed by atoms with E-state index in [1.807, 2.05) is 0 Å². The number of rotatable bonds is 1. The van der Waals surface area contributed by atoms with Gasteiger partial charge in [-0.15, -0.1) is 0 Å². The number of halogens is 1. The summed E-state index contributed by atoms with van der Waals surface area (Å²) in [4.78, 5) is 0. The van der Waals surface area contributed by atoms with Crippen LogP contribution < -0.4 is 5.32 Å². The van der Waals surface area contributed by atoms with Crippen molar-refractivity contribution in [2.45, 2.75) is 38.6 Å². The monoisotopic (exact) mass is 267 g/mol. The molecule has 1 unspecified atom stereocenters. The highest BCUT2D eigenvalue weighted by Gasteiger charge is 2.15. The van der Waals surface area contributed by atoms with E-state index < -0.39 is 0 Å². The Hall–Kier alpha value is -0.340. The first kappa shape index (κ1) is 11.2. The van der Waals surface area contributed by atoms with Crippen LogP contribution in [0.1, 0.15) is 42.9 Å². The first-order valence-electron chi connectivity index (χ1n) is 5.77. The fraction of sp³-hybridized carbons (Fsp3) is 0.538. The molecule has 0 amide bonds. The van der Waals surface area contributed by atoms with Crippen LogP contribution in [0.2, 0.25) is 0 Å². The lowest BCUT2D eigenvalue weighted by molar-refractivity contribution is 0.532. The van der Waals surface area contributed by atoms with Crippen LogP contribution >= 0.6 is 15.9 Å². The molecule has 0 aromatic heterocycles. The van der Waals surface area contributed by atoms with Crippen LogP contribution in [-0.4, -0.2) is 6.54 Å². The third-order valence-corrected chi connectivity index (χ3v) is 3.81. The standard InChI is InChI=1S/C13H18BrN/c1-10-6-7-12(14)11(9-10)13-5-3-2-4-8-15-13/h6-7,9,13,15H,2-5,8H2,1H3. The van der Waals surface area contributed by atoms with Crippen molar-refractivity contribution >= 4 is 15.9 Å². The largest absolute Gasteiger partial charge is 0.310 e. The van der Waals surface area contributed by atoms with Crippen molar-refractivity contribution in [1.82, 2.24) is 5.32 Å². The van der Waals surface area contributed by atoms with Crippen LogP contribution in [0.15, 0.2) is 22.7 Å². The second-order valence-electron chi connectivity index (χ2n) is 4.38. The van der Waals surface area contributed by atoms with Gasteiger partial charge in [0, 0.05) is 10.5 Å². The van der Waals surface area contributed by atoms with E-state index in [0.717, 1.165) is 6.54 Å². The van der Waals surface area contributed by atoms with E-state index in [9.17, 15) is 0 Å². The molecule has 0 spiro atoms. The topological polar surface area (TPSA) is 12.0 Å². The van der Waals surface area contributed by atoms with E-state index in [1.54, 1.807) is 0 Å². The molecule has 1 aromatic carbocycles. The SMILES string of the molecule is Cc1ccc(Br)c(C2CCCCCN2)c1. The van der Waals surface area contributed by atoms with Crippen molar-refractivity contribution in [2.24, 2.45) is 0 Å². The molecule has 1 fully saturated rings. The molecular weight excluding hydrogens is 250 g/mol. The summed E-state index contributed by atoms with van der Waals surface area (Å²) in [7, 11) is 0. The maximum absolute atomic E-state index is 3.65. The van der Waals surface area contributed by atoms with Gasteiger partial charge in [0.1, 0.15) is 0 Å². The molecular formula is C13H18BrN. The highest BCUT2D eigenvalue weighted by Crippen LogP contribution is 2.29. The minimum atomic E-state index is 0.543. The Morgan fingerprint density at radius 2 is 2.13 bits per heavy atom. The van der Waals surface area contributed by atoms with Crippen molar-refractivity contribution in [3.8, 4) is 0 Å². The molecule has 0 saturated carbocycles. The fourth-order valence-electron chi connectivity index (χ4n) is 2.22. The molecule has 2 heteroatoms. The van der Waals surface area contributed by atoms with Crippen LogP contribution in [0.4, 0.5) is 0 Å². The summed E-state index contributed by atoms with van der Waals surface area (Å²) < 4.78 is 1.24. The Kier molecular flexibility index (Phi) is 3.81. The molecule has 0 bridgehead atoms. The summed E-state index contributed by atoms with van der Waals surface area (Å²) in [6, 6.07) is 7.16. The Labute approximate surface area is 100 Å². The van der Waals surface area contributed by atoms with Crippen molar-refractivity contribution in [3.05, 3.63) is 33.8 Å². The Bertz CT molecular complexity index is 327. The summed E-state index contributed by atoms with van der Waals surface area (Å²) in [6.45, 7) is 3.32. The van der Waals surface area contributed by atoms with Crippen molar-refractivity contribution in [1.29, 1.82) is 0 Å². The van der Waals surface area contributed by atoms with Gasteiger partial charge in [0.25, 0.3) is 0 Å². The molecule has 1 aliphatic rings. The predicted molar refractivity (Wildman–Crippen MR) is 68.1 cm³/mol. The van der Waals surface area contributed by atoms with Crippen LogP contribution in [0.25, 0.3) is 0 Å². The van der Waals surface area contributed by atoms with E-state index in [2.05, 4.69) is 46.4 Å². The first-order chi connectivity index (χ1) is 7.27. The van der Waals surface area contributed by atoms with E-state index in [1.165, 1.54) is 41.3 Å². The van der Waals surface area contributed by atoms with E-state index >= 15 is 0 Å². The second kappa shape index (κ2) is 5.13. The van der Waals surface area contributed by atoms with Gasteiger partial charge >= 0.3 is 0 Å². The summed E-state index contributed by atoms with van der Waals surface area (Å²) >= 11 is 3.65. The van der Waals surface area contributed by atoms with Crippen molar-refractivity contribution < 1.29 is 0 Å². The number of benzene rings is 1. The molecule has 1 N–H and O–H groups in total. The average molecular weight is 268 g/mol. The summed E-state index contributed by atoms with van der Waals surface area (Å²) in [6.07, 6.45) is 5.30. The van der Waals surface area contributed by atoms with E-state index in [0.29, 0.717) is 6.04 Å². The number of aryl methyl sites for hydroxylation is 1. The van der Waals surface area contributed by atoms with Crippen LogP contribution in [-0.2, 0) is 0 Å². The van der Waals surface area contributed by atoms with Crippen LogP contribution in [0.5, 0.6) is 0 Å². The highest BCUT2D eigenvalue weighted by molar-refractivity contribution is 9.10. The zero-order valence-corrected chi connectivity index (χ0v) is 10.8. The highest BCUT2D eigenvalue weighted by atomic mass is 79.9. The van der Waals surface area contributed by atoms with Crippen LogP contribution in [0.3, 0.4) is 0 Å². The summed E-state index contributed by atoms with van der Waals surface area (Å²) in [5.41, 5.74) is 2.77. The molecule has 15 heavy (non-hydrogen) atoms. The minimum Gasteiger partial charge on any atom is -0.310 e. The molecule has 1 aromatic rings. The van der Waals surface area contributed by atoms with E-state index in [4.69, 9.17) is 0 Å². The van der Waals surface area contributed by atoms with Gasteiger partial charge in [-0.2, -0.15) is 0 Å². The predicted octanol–water partition coefficient (Wildman–Crippen LogP) is 3.96. The summed E-state index contributed by atoms with van der Waals surface area (Å²) in [5.74, 6) is 0. The normalized spacial score (nSPS) is 22.4. The molecule has 1 atom stereocenters. The fourth-order valence-corrected chi connectivity index (χ4v) is 2.75. The van der Waals surface area contributed by atoms with Gasteiger partial charge in [-0.05, 0) is 37.9 Å². The first-order valence-corrected chi connectivity index (χ1v) is 6.56. The van der Waals surface area contributed by atoms with Gasteiger partial charge in [0.2, 0.25) is 0 Å². The smallest absolute Gasteiger partial charge is 0.0331 e. The van der Waals surface area contributed by atoms with Crippen LogP contribution in [0, 0.1) is 6.92 Å². The van der Waals surface area contributed by atoms with Gasteiger partial charge in [0.05, 0.1) is 0 Å². The maximum Gasteiger partial charge on any atom is 0.0331 e. The van der Waals surface area contributed by atoms with E-state index in [-0.39, 0.29) is 0 Å². The molecule has 0 radical (unpaired) electrons. The van der Waals surface area contributed by atoms with Gasteiger partial charge in [-0.3, -0.25) is 0 Å². The lowest BCUT2D eigenvalue weighted by Gasteiger charge is -2.18. The van der Waals surface area contributed by atoms with Gasteiger partial charge in [-0.25, -0.2) is 0 Å². The minimum absolute atomic E-state index is 0.543. The molecule has 0 aliphatic carbocycles. The maximum atomic E-state index is 3.65. The quantitative estimate of drug-likeness (QED) is 0.812. The molecule has 2 rings (SSSR count). The van der Waals surface area contributed by atoms with Crippen molar-refractivity contribution in [2.75, 3.05) is 6.54 Å². The molecule has 1 nitrogen and oxygen atoms in total. The summed E-state index contributed by atoms with van der Waals surface area (Å²) in [5, 5.41) is 3.64. The molecule has 1 heterocycles. The molecule has 1 aliphatic heterocycles. The molecule has 1 saturated heterocycles. The zero-order chi connectivity index (χ0) is 10.7. The lowest BCUT2D eigenvalue weighted by Crippen LogP contribution is -2.20. The van der Waals surface area contributed by atoms with Gasteiger partial charge in [-0.1, -0.05) is 46.5 Å². The number of nitrogens with one attached hydrogen (secondary N) is 1. The van der Waals surface area contributed by atoms with Crippen molar-refractivity contribution in [3.63, 3.8) is 0 Å². The van der Waals surface area contributed by atoms with Gasteiger partial charge < -0.3 is 5.32 Å². The third kappa shape index (κ3) is 2.82. The molecule has 82 valence electrons. The second-order valence-corrected chi connectivity index (χ2v) is 5.24. The Morgan fingerprint density at radius 3 is 3.00 bits per heavy atom. The number of hydrogen-bond acceptors (Lipinski definition) is 1. The average Bonchev–Trinajstić information content (AvgIpc) is 2.50. The number of hydrogen-bond donors (Lipinski definition) is 1. The Balaban J connectivity index is 2.22. The van der Waals surface area contributed by atoms with Gasteiger partial charge in [0.15, 0.2) is 0 Å². The third-order valence-electron chi connectivity index (χ3n) is 3.09. The zero-order valence-electron chi connectivity index (χ0n) is 9.22. The Morgan fingerprint density at radius 1 is 1.27 bits per heavy atom.